The molecule has 352 valence electrons. The van der Waals surface area contributed by atoms with Crippen LogP contribution in [0.1, 0.15) is 96.9 Å². The van der Waals surface area contributed by atoms with Crippen molar-refractivity contribution in [3.63, 3.8) is 0 Å². The van der Waals surface area contributed by atoms with Crippen LogP contribution in [0.25, 0.3) is 20.4 Å². The quantitative estimate of drug-likeness (QED) is 0.0568. The Hall–Kier alpha value is -7.02. The maximum atomic E-state index is 14.2. The van der Waals surface area contributed by atoms with Crippen LogP contribution in [0.3, 0.4) is 0 Å². The van der Waals surface area contributed by atoms with Crippen molar-refractivity contribution in [1.82, 2.24) is 40.0 Å². The fourth-order valence-corrected chi connectivity index (χ4v) is 11.4. The van der Waals surface area contributed by atoms with Gasteiger partial charge < -0.3 is 36.6 Å². The number of pyridine rings is 2. The lowest BCUT2D eigenvalue weighted by Crippen LogP contribution is -2.39. The molecule has 2 unspecified atom stereocenters. The minimum Gasteiger partial charge on any atom is -0.393 e. The summed E-state index contributed by atoms with van der Waals surface area (Å²) in [6.45, 7) is 0.583. The molecule has 8 aromatic rings. The largest absolute Gasteiger partial charge is 0.393 e. The summed E-state index contributed by atoms with van der Waals surface area (Å²) in [6.07, 6.45) is 15.8. The Morgan fingerprint density at radius 1 is 0.696 bits per heavy atom. The van der Waals surface area contributed by atoms with E-state index in [1.54, 1.807) is 46.1 Å². The average Bonchev–Trinajstić information content (AvgIpc) is 4.23. The fourth-order valence-electron chi connectivity index (χ4n) is 10.0. The second-order valence-electron chi connectivity index (χ2n) is 18.4. The molecule has 0 bridgehead atoms. The Bertz CT molecular complexity index is 3070. The number of thiazole rings is 2. The van der Waals surface area contributed by atoms with E-state index in [2.05, 4.69) is 75.8 Å². The summed E-state index contributed by atoms with van der Waals surface area (Å²) in [6, 6.07) is 24.4. The van der Waals surface area contributed by atoms with Crippen LogP contribution in [0.4, 0.5) is 40.1 Å². The van der Waals surface area contributed by atoms with E-state index in [-0.39, 0.29) is 42.1 Å². The predicted octanol–water partition coefficient (Wildman–Crippen LogP) is 9.89. The van der Waals surface area contributed by atoms with Gasteiger partial charge in [-0.3, -0.25) is 9.59 Å². The number of aromatic nitrogens is 7. The highest BCUT2D eigenvalue weighted by molar-refractivity contribution is 7.17. The molecule has 3 fully saturated rings. The first-order valence-electron chi connectivity index (χ1n) is 23.8. The number of hydrogen-bond donors (Lipinski definition) is 6. The smallest absolute Gasteiger partial charge is 0.259 e. The molecule has 0 spiro atoms. The minimum atomic E-state index is -0.320. The highest BCUT2D eigenvalue weighted by Crippen LogP contribution is 2.40. The number of fused-ring (bicyclic) bond motifs is 2. The first kappa shape index (κ1) is 44.5. The van der Waals surface area contributed by atoms with Gasteiger partial charge in [0.05, 0.1) is 66.6 Å². The topological polar surface area (TPSA) is 200 Å². The number of carbonyl (C=O) groups excluding carboxylic acids is 2. The molecule has 0 radical (unpaired) electrons. The van der Waals surface area contributed by atoms with Gasteiger partial charge in [0.2, 0.25) is 0 Å². The number of aliphatic hydroxyl groups is 1. The van der Waals surface area contributed by atoms with E-state index in [9.17, 15) is 14.7 Å². The Kier molecular flexibility index (Phi) is 12.8. The maximum absolute atomic E-state index is 14.2. The predicted molar refractivity (Wildman–Crippen MR) is 273 cm³/mol. The molecule has 18 heteroatoms. The molecule has 3 aliphatic rings. The van der Waals surface area contributed by atoms with Crippen LogP contribution in [0.15, 0.2) is 109 Å². The van der Waals surface area contributed by atoms with Gasteiger partial charge in [-0.1, -0.05) is 25.0 Å². The molecule has 3 aromatic carbocycles. The van der Waals surface area contributed by atoms with Crippen LogP contribution >= 0.6 is 22.7 Å². The summed E-state index contributed by atoms with van der Waals surface area (Å²) < 4.78 is 3.90. The third-order valence-electron chi connectivity index (χ3n) is 13.6. The number of rotatable bonds is 15. The summed E-state index contributed by atoms with van der Waals surface area (Å²) in [5.41, 5.74) is 11.6. The SMILES string of the molecule is O=C(Nc1ccc(Cn2cncn2)cc1)c1cnc(N(c2ccc3ncsc3c2)C2CCC(Nc3cc(Nc4ccc5ncsc5c4)ncc3C(=O)NC3CCC(O)CC3)C2)cc1NC1CCCC1. The molecule has 5 aromatic heterocycles. The highest BCUT2D eigenvalue weighted by atomic mass is 32.1. The van der Waals surface area contributed by atoms with E-state index in [4.69, 9.17) is 9.97 Å². The van der Waals surface area contributed by atoms with E-state index < -0.39 is 0 Å². The molecular weight excluding hydrogens is 907 g/mol. The van der Waals surface area contributed by atoms with Gasteiger partial charge in [-0.25, -0.2) is 29.6 Å². The van der Waals surface area contributed by atoms with E-state index >= 15 is 0 Å². The lowest BCUT2D eigenvalue weighted by Gasteiger charge is -2.31. The number of aliphatic hydroxyl groups excluding tert-OH is 1. The summed E-state index contributed by atoms with van der Waals surface area (Å²) in [5.74, 6) is 0.930. The van der Waals surface area contributed by atoms with Crippen molar-refractivity contribution in [3.8, 4) is 0 Å². The van der Waals surface area contributed by atoms with Crippen molar-refractivity contribution in [2.24, 2.45) is 0 Å². The van der Waals surface area contributed by atoms with Crippen molar-refractivity contribution < 1.29 is 14.7 Å². The summed E-state index contributed by atoms with van der Waals surface area (Å²) in [7, 11) is 0. The number of nitrogens with one attached hydrogen (secondary N) is 5. The maximum Gasteiger partial charge on any atom is 0.259 e. The molecule has 3 aliphatic carbocycles. The van der Waals surface area contributed by atoms with Crippen LogP contribution in [-0.2, 0) is 6.54 Å². The lowest BCUT2D eigenvalue weighted by molar-refractivity contribution is 0.0868. The van der Waals surface area contributed by atoms with Crippen LogP contribution in [0, 0.1) is 0 Å². The fraction of sp³-hybridized carbons (Fsp3) is 0.333. The Balaban J connectivity index is 0.878. The van der Waals surface area contributed by atoms with Crippen molar-refractivity contribution in [3.05, 3.63) is 126 Å². The average molecular weight is 960 g/mol. The number of hydrogen-bond acceptors (Lipinski definition) is 15. The van der Waals surface area contributed by atoms with E-state index in [0.717, 1.165) is 107 Å². The molecule has 0 aliphatic heterocycles. The molecule has 6 N–H and O–H groups in total. The van der Waals surface area contributed by atoms with Crippen molar-refractivity contribution >= 4 is 95.0 Å². The summed E-state index contributed by atoms with van der Waals surface area (Å²) >= 11 is 3.19. The Morgan fingerprint density at radius 2 is 1.39 bits per heavy atom. The molecule has 16 nitrogen and oxygen atoms in total. The van der Waals surface area contributed by atoms with Crippen LogP contribution in [-0.4, -0.2) is 81.9 Å². The van der Waals surface area contributed by atoms with Gasteiger partial charge in [-0.2, -0.15) is 5.10 Å². The molecule has 3 saturated carbocycles. The number of carbonyl (C=O) groups is 2. The van der Waals surface area contributed by atoms with Gasteiger partial charge in [0.25, 0.3) is 11.8 Å². The number of benzene rings is 3. The Labute approximate surface area is 407 Å². The second kappa shape index (κ2) is 19.9. The molecule has 2 atom stereocenters. The van der Waals surface area contributed by atoms with Gasteiger partial charge >= 0.3 is 0 Å². The summed E-state index contributed by atoms with van der Waals surface area (Å²) in [4.78, 5) is 53.4. The number of anilines is 7. The molecule has 69 heavy (non-hydrogen) atoms. The van der Waals surface area contributed by atoms with Crippen LogP contribution < -0.4 is 31.5 Å². The second-order valence-corrected chi connectivity index (χ2v) is 20.2. The first-order valence-corrected chi connectivity index (χ1v) is 25.6. The Morgan fingerprint density at radius 3 is 2.17 bits per heavy atom. The van der Waals surface area contributed by atoms with Crippen molar-refractivity contribution in [1.29, 1.82) is 0 Å². The van der Waals surface area contributed by atoms with E-state index in [1.165, 1.54) is 6.33 Å². The first-order chi connectivity index (χ1) is 33.8. The van der Waals surface area contributed by atoms with E-state index in [0.29, 0.717) is 47.7 Å². The normalized spacial score (nSPS) is 19.4. The number of amides is 2. The standard InChI is InChI=1S/C51H53N13O3S2/c65-39-15-10-34(11-16-39)62-50(66)40-24-53-48(60-36-12-17-42-46(20-36)68-29-55-42)22-44(40)59-35-9-13-37(19-35)64(38-14-18-43-47(21-38)69-30-56-43)49-23-45(58-32-3-1-2-4-32)41(25-54-49)51(67)61-33-7-5-31(6-8-33)26-63-28-52-27-57-63/h5-8,12,14,17-18,20-25,27-30,32,34-35,37,39,65H,1-4,9-11,13,15-16,19,26H2,(H,54,58)(H,61,67)(H,62,66)(H2,53,59,60). The third kappa shape index (κ3) is 10.2. The van der Waals surface area contributed by atoms with Crippen molar-refractivity contribution in [2.75, 3.05) is 26.2 Å². The zero-order valence-electron chi connectivity index (χ0n) is 37.9. The van der Waals surface area contributed by atoms with E-state index in [1.807, 2.05) is 59.6 Å². The molecule has 11 rings (SSSR count). The minimum absolute atomic E-state index is 0.00791. The van der Waals surface area contributed by atoms with Gasteiger partial charge in [-0.15, -0.1) is 22.7 Å². The molecule has 2 amide bonds. The zero-order valence-corrected chi connectivity index (χ0v) is 39.6. The molecule has 5 heterocycles. The summed E-state index contributed by atoms with van der Waals surface area (Å²) in [5, 5.41) is 31.7. The third-order valence-corrected chi connectivity index (χ3v) is 15.2. The van der Waals surface area contributed by atoms with Gasteiger partial charge in [0.15, 0.2) is 0 Å². The van der Waals surface area contributed by atoms with Crippen LogP contribution in [0.2, 0.25) is 0 Å². The van der Waals surface area contributed by atoms with Gasteiger partial charge in [0.1, 0.15) is 24.3 Å². The van der Waals surface area contributed by atoms with Crippen molar-refractivity contribution in [2.45, 2.75) is 107 Å². The molecule has 0 saturated heterocycles. The number of nitrogens with zero attached hydrogens (tertiary/aromatic N) is 8. The monoisotopic (exact) mass is 959 g/mol. The van der Waals surface area contributed by atoms with Gasteiger partial charge in [-0.05, 0) is 112 Å². The van der Waals surface area contributed by atoms with Crippen LogP contribution in [0.5, 0.6) is 0 Å². The highest BCUT2D eigenvalue weighted by Gasteiger charge is 2.34. The van der Waals surface area contributed by atoms with Gasteiger partial charge in [0, 0.05) is 65.8 Å². The molecular formula is C51H53N13O3S2. The lowest BCUT2D eigenvalue weighted by atomic mass is 9.93. The zero-order chi connectivity index (χ0) is 46.7.